The molecule has 0 amide bonds. The Labute approximate surface area is 101 Å². The Morgan fingerprint density at radius 1 is 1.28 bits per heavy atom. The fourth-order valence-electron chi connectivity index (χ4n) is 1.25. The van der Waals surface area contributed by atoms with Crippen LogP contribution >= 0.6 is 0 Å². The van der Waals surface area contributed by atoms with Gasteiger partial charge in [0.2, 0.25) is 5.78 Å². The molecule has 1 rings (SSSR count). The summed E-state index contributed by atoms with van der Waals surface area (Å²) < 4.78 is 49.6. The molecule has 0 bridgehead atoms. The van der Waals surface area contributed by atoms with Gasteiger partial charge < -0.3 is 5.32 Å². The molecule has 18 heavy (non-hydrogen) atoms. The van der Waals surface area contributed by atoms with Crippen molar-refractivity contribution in [2.24, 2.45) is 0 Å². The molecule has 0 aliphatic rings. The van der Waals surface area contributed by atoms with Crippen molar-refractivity contribution >= 4 is 11.5 Å². The van der Waals surface area contributed by atoms with Crippen LogP contribution in [0, 0.1) is 0 Å². The lowest BCUT2D eigenvalue weighted by atomic mass is 10.1. The third kappa shape index (κ3) is 3.09. The normalized spacial score (nSPS) is 12.7. The van der Waals surface area contributed by atoms with Gasteiger partial charge in [0.25, 0.3) is 0 Å². The summed E-state index contributed by atoms with van der Waals surface area (Å²) in [6.07, 6.45) is -3.53. The Bertz CT molecular complexity index is 443. The Hall–Kier alpha value is -1.85. The highest BCUT2D eigenvalue weighted by Crippen LogP contribution is 2.25. The molecule has 0 fully saturated rings. The van der Waals surface area contributed by atoms with Crippen LogP contribution in [0.15, 0.2) is 36.4 Å². The molecule has 0 spiro atoms. The van der Waals surface area contributed by atoms with Crippen molar-refractivity contribution in [2.75, 3.05) is 7.05 Å². The van der Waals surface area contributed by atoms with E-state index < -0.39 is 18.1 Å². The first-order valence-corrected chi connectivity index (χ1v) is 5.05. The Morgan fingerprint density at radius 3 is 2.28 bits per heavy atom. The van der Waals surface area contributed by atoms with Crippen molar-refractivity contribution in [3.63, 3.8) is 0 Å². The monoisotopic (exact) mass is 261 g/mol. The van der Waals surface area contributed by atoms with E-state index in [4.69, 9.17) is 0 Å². The van der Waals surface area contributed by atoms with Crippen LogP contribution in [-0.4, -0.2) is 25.2 Å². The van der Waals surface area contributed by atoms with Gasteiger partial charge in [-0.05, 0) is 5.56 Å². The second-order valence-corrected chi connectivity index (χ2v) is 3.46. The lowest BCUT2D eigenvalue weighted by molar-refractivity contribution is -0.161. The van der Waals surface area contributed by atoms with E-state index in [-0.39, 0.29) is 5.70 Å². The lowest BCUT2D eigenvalue weighted by Gasteiger charge is -2.13. The zero-order valence-electron chi connectivity index (χ0n) is 9.46. The maximum atomic E-state index is 12.8. The molecule has 1 N–H and O–H groups in total. The van der Waals surface area contributed by atoms with E-state index in [1.807, 2.05) is 0 Å². The number of rotatable bonds is 5. The topological polar surface area (TPSA) is 29.1 Å². The number of halogens is 4. The van der Waals surface area contributed by atoms with Gasteiger partial charge in [-0.2, -0.15) is 8.78 Å². The van der Waals surface area contributed by atoms with Crippen molar-refractivity contribution < 1.29 is 22.4 Å². The standard InChI is InChI=1S/C12H11F4NO/c1-17-9(8-5-3-2-4-6-8)7-10(18)12(15,16)11(13)14/h2-7,11,17H,1H3/b9-7-. The molecule has 0 aromatic heterocycles. The fraction of sp³-hybridized carbons (Fsp3) is 0.250. The van der Waals surface area contributed by atoms with Gasteiger partial charge in [-0.25, -0.2) is 8.78 Å². The van der Waals surface area contributed by atoms with Crippen molar-refractivity contribution in [3.8, 4) is 0 Å². The number of carbonyl (C=O) groups is 1. The van der Waals surface area contributed by atoms with Crippen LogP contribution in [0.4, 0.5) is 17.6 Å². The maximum Gasteiger partial charge on any atom is 0.368 e. The SMILES string of the molecule is CN/C(=C\C(=O)C(F)(F)C(F)F)c1ccccc1. The van der Waals surface area contributed by atoms with Crippen molar-refractivity contribution in [1.82, 2.24) is 5.32 Å². The molecule has 1 aromatic rings. The van der Waals surface area contributed by atoms with Crippen molar-refractivity contribution in [3.05, 3.63) is 42.0 Å². The van der Waals surface area contributed by atoms with Crippen LogP contribution in [0.3, 0.4) is 0 Å². The number of alkyl halides is 4. The van der Waals surface area contributed by atoms with Gasteiger partial charge in [-0.1, -0.05) is 30.3 Å². The highest BCUT2D eigenvalue weighted by Gasteiger charge is 2.47. The zero-order valence-corrected chi connectivity index (χ0v) is 9.46. The summed E-state index contributed by atoms with van der Waals surface area (Å²) in [5, 5.41) is 2.52. The first kappa shape index (κ1) is 14.2. The fourth-order valence-corrected chi connectivity index (χ4v) is 1.25. The minimum absolute atomic E-state index is 0.0564. The van der Waals surface area contributed by atoms with E-state index in [1.165, 1.54) is 7.05 Å². The van der Waals surface area contributed by atoms with Gasteiger partial charge in [0.05, 0.1) is 0 Å². The minimum atomic E-state index is -4.67. The summed E-state index contributed by atoms with van der Waals surface area (Å²) in [5.41, 5.74) is 0.513. The van der Waals surface area contributed by atoms with Gasteiger partial charge in [0.15, 0.2) is 0 Å². The first-order chi connectivity index (χ1) is 8.39. The van der Waals surface area contributed by atoms with Gasteiger partial charge in [-0.15, -0.1) is 0 Å². The predicted molar refractivity (Wildman–Crippen MR) is 59.4 cm³/mol. The van der Waals surface area contributed by atoms with Crippen LogP contribution in [-0.2, 0) is 4.79 Å². The number of hydrogen-bond donors (Lipinski definition) is 1. The number of benzene rings is 1. The molecule has 0 radical (unpaired) electrons. The van der Waals surface area contributed by atoms with Crippen LogP contribution in [0.25, 0.3) is 5.70 Å². The van der Waals surface area contributed by atoms with Crippen molar-refractivity contribution in [1.29, 1.82) is 0 Å². The summed E-state index contributed by atoms with van der Waals surface area (Å²) in [5.74, 6) is -6.60. The highest BCUT2D eigenvalue weighted by molar-refractivity contribution is 6.01. The largest absolute Gasteiger partial charge is 0.388 e. The summed E-state index contributed by atoms with van der Waals surface area (Å²) in [4.78, 5) is 11.1. The summed E-state index contributed by atoms with van der Waals surface area (Å²) >= 11 is 0. The maximum absolute atomic E-state index is 12.8. The average Bonchev–Trinajstić information content (AvgIpc) is 2.36. The third-order valence-corrected chi connectivity index (χ3v) is 2.23. The summed E-state index contributed by atoms with van der Waals surface area (Å²) in [7, 11) is 1.41. The average molecular weight is 261 g/mol. The molecule has 0 saturated heterocycles. The molecule has 0 aliphatic carbocycles. The van der Waals surface area contributed by atoms with E-state index in [1.54, 1.807) is 30.3 Å². The molecule has 2 nitrogen and oxygen atoms in total. The molecular formula is C12H11F4NO. The van der Waals surface area contributed by atoms with E-state index in [2.05, 4.69) is 5.32 Å². The van der Waals surface area contributed by atoms with E-state index in [9.17, 15) is 22.4 Å². The second kappa shape index (κ2) is 5.66. The molecule has 0 unspecified atom stereocenters. The minimum Gasteiger partial charge on any atom is -0.388 e. The van der Waals surface area contributed by atoms with E-state index in [0.717, 1.165) is 0 Å². The predicted octanol–water partition coefficient (Wildman–Crippen LogP) is 2.72. The van der Waals surface area contributed by atoms with Gasteiger partial charge in [0.1, 0.15) is 0 Å². The van der Waals surface area contributed by atoms with E-state index >= 15 is 0 Å². The Kier molecular flexibility index (Phi) is 4.47. The molecule has 0 heterocycles. The van der Waals surface area contributed by atoms with Gasteiger partial charge in [-0.3, -0.25) is 4.79 Å². The van der Waals surface area contributed by atoms with Crippen LogP contribution in [0.1, 0.15) is 5.56 Å². The third-order valence-electron chi connectivity index (χ3n) is 2.23. The quantitative estimate of drug-likeness (QED) is 0.652. The summed E-state index contributed by atoms with van der Waals surface area (Å²) in [6.45, 7) is 0. The van der Waals surface area contributed by atoms with Crippen LogP contribution in [0.5, 0.6) is 0 Å². The molecule has 0 saturated carbocycles. The Balaban J connectivity index is 3.04. The van der Waals surface area contributed by atoms with Crippen LogP contribution < -0.4 is 5.32 Å². The molecule has 0 atom stereocenters. The number of nitrogens with one attached hydrogen (secondary N) is 1. The van der Waals surface area contributed by atoms with E-state index in [0.29, 0.717) is 11.6 Å². The highest BCUT2D eigenvalue weighted by atomic mass is 19.3. The Morgan fingerprint density at radius 2 is 1.83 bits per heavy atom. The zero-order chi connectivity index (χ0) is 13.8. The molecule has 98 valence electrons. The van der Waals surface area contributed by atoms with Crippen LogP contribution in [0.2, 0.25) is 0 Å². The molecule has 0 aliphatic heterocycles. The smallest absolute Gasteiger partial charge is 0.368 e. The summed E-state index contributed by atoms with van der Waals surface area (Å²) in [6, 6.07) is 8.10. The van der Waals surface area contributed by atoms with Gasteiger partial charge in [0, 0.05) is 18.8 Å². The number of carbonyl (C=O) groups excluding carboxylic acids is 1. The number of ketones is 1. The number of hydrogen-bond acceptors (Lipinski definition) is 2. The number of allylic oxidation sites excluding steroid dienone is 1. The molecular weight excluding hydrogens is 250 g/mol. The lowest BCUT2D eigenvalue weighted by Crippen LogP contribution is -2.35. The second-order valence-electron chi connectivity index (χ2n) is 3.46. The van der Waals surface area contributed by atoms with Crippen molar-refractivity contribution in [2.45, 2.75) is 12.3 Å². The van der Waals surface area contributed by atoms with Gasteiger partial charge >= 0.3 is 12.3 Å². The first-order valence-electron chi connectivity index (χ1n) is 5.05. The molecule has 6 heteroatoms. The molecule has 1 aromatic carbocycles.